The molecule has 0 radical (unpaired) electrons. The molecule has 0 aliphatic heterocycles. The molecule has 56 valence electrons. The van der Waals surface area contributed by atoms with Crippen LogP contribution in [0.5, 0.6) is 0 Å². The van der Waals surface area contributed by atoms with Crippen LogP contribution in [0.1, 0.15) is 11.1 Å². The second-order valence-corrected chi connectivity index (χ2v) is 2.56. The Morgan fingerprint density at radius 2 is 2.20 bits per heavy atom. The van der Waals surface area contributed by atoms with Gasteiger partial charge in [-0.05, 0) is 18.1 Å². The van der Waals surface area contributed by atoms with Gasteiger partial charge in [-0.25, -0.2) is 0 Å². The van der Waals surface area contributed by atoms with E-state index in [1.165, 1.54) is 11.1 Å². The summed E-state index contributed by atoms with van der Waals surface area (Å²) in [5.41, 5.74) is 2.45. The molecule has 1 aromatic heterocycles. The third kappa shape index (κ3) is 2.80. The molecule has 0 fully saturated rings. The summed E-state index contributed by atoms with van der Waals surface area (Å²) >= 11 is 3.35. The summed E-state index contributed by atoms with van der Waals surface area (Å²) in [7, 11) is 0. The Morgan fingerprint density at radius 1 is 1.50 bits per heavy atom. The molecule has 0 aromatic carbocycles. The quantitative estimate of drug-likeness (QED) is 0.713. The molecule has 0 aliphatic carbocycles. The van der Waals surface area contributed by atoms with Crippen LogP contribution in [0.3, 0.4) is 0 Å². The molecule has 1 aromatic rings. The zero-order valence-electron chi connectivity index (χ0n) is 5.67. The monoisotopic (exact) mass is 265 g/mol. The number of pyridine rings is 1. The van der Waals surface area contributed by atoms with Crippen molar-refractivity contribution in [3.8, 4) is 0 Å². The first kappa shape index (κ1) is 10.1. The van der Waals surface area contributed by atoms with Crippen LogP contribution in [0.25, 0.3) is 0 Å². The zero-order chi connectivity index (χ0) is 6.69. The van der Waals surface area contributed by atoms with Crippen LogP contribution >= 0.6 is 32.9 Å². The standard InChI is InChI=1S/C7H8BrN.BrH/c1-6-2-7(3-8)5-9-4-6;/h2,4-5H,3H2,1H3;1H. The van der Waals surface area contributed by atoms with Crippen molar-refractivity contribution in [1.29, 1.82) is 0 Å². The van der Waals surface area contributed by atoms with E-state index in [2.05, 4.69) is 27.0 Å². The van der Waals surface area contributed by atoms with Crippen LogP contribution in [0, 0.1) is 6.92 Å². The largest absolute Gasteiger partial charge is 0.264 e. The highest BCUT2D eigenvalue weighted by molar-refractivity contribution is 9.08. The van der Waals surface area contributed by atoms with Gasteiger partial charge in [0.15, 0.2) is 0 Å². The Balaban J connectivity index is 0.000000810. The molecule has 1 nitrogen and oxygen atoms in total. The summed E-state index contributed by atoms with van der Waals surface area (Å²) in [6, 6.07) is 2.11. The highest BCUT2D eigenvalue weighted by atomic mass is 79.9. The van der Waals surface area contributed by atoms with Crippen molar-refractivity contribution >= 4 is 32.9 Å². The van der Waals surface area contributed by atoms with Crippen LogP contribution in [0.4, 0.5) is 0 Å². The molecule has 0 saturated carbocycles. The fraction of sp³-hybridized carbons (Fsp3) is 0.286. The fourth-order valence-electron chi connectivity index (χ4n) is 0.691. The molecule has 0 spiro atoms. The van der Waals surface area contributed by atoms with Crippen molar-refractivity contribution in [2.24, 2.45) is 0 Å². The first-order valence-corrected chi connectivity index (χ1v) is 3.91. The van der Waals surface area contributed by atoms with E-state index in [-0.39, 0.29) is 17.0 Å². The lowest BCUT2D eigenvalue weighted by Gasteiger charge is -1.93. The molecule has 0 amide bonds. The van der Waals surface area contributed by atoms with E-state index in [9.17, 15) is 0 Å². The van der Waals surface area contributed by atoms with Gasteiger partial charge >= 0.3 is 0 Å². The Kier molecular flexibility index (Phi) is 4.91. The number of aryl methyl sites for hydroxylation is 1. The van der Waals surface area contributed by atoms with E-state index in [0.29, 0.717) is 0 Å². The lowest BCUT2D eigenvalue weighted by molar-refractivity contribution is 1.21. The minimum atomic E-state index is 0. The van der Waals surface area contributed by atoms with Gasteiger partial charge in [0.05, 0.1) is 0 Å². The van der Waals surface area contributed by atoms with Gasteiger partial charge in [-0.15, -0.1) is 17.0 Å². The molecule has 0 aliphatic rings. The van der Waals surface area contributed by atoms with E-state index in [0.717, 1.165) is 5.33 Å². The average Bonchev–Trinajstić information content (AvgIpc) is 1.88. The minimum absolute atomic E-state index is 0. The molecule has 3 heteroatoms. The number of nitrogens with zero attached hydrogens (tertiary/aromatic N) is 1. The second-order valence-electron chi connectivity index (χ2n) is 2.00. The maximum Gasteiger partial charge on any atom is 0.0308 e. The molecule has 1 rings (SSSR count). The second kappa shape index (κ2) is 4.85. The highest BCUT2D eigenvalue weighted by Crippen LogP contribution is 2.04. The lowest BCUT2D eigenvalue weighted by Crippen LogP contribution is -1.81. The molecule has 1 heterocycles. The van der Waals surface area contributed by atoms with Crippen molar-refractivity contribution in [1.82, 2.24) is 4.98 Å². The summed E-state index contributed by atoms with van der Waals surface area (Å²) in [6.07, 6.45) is 3.72. The summed E-state index contributed by atoms with van der Waals surface area (Å²) in [6.45, 7) is 2.04. The molecular weight excluding hydrogens is 258 g/mol. The van der Waals surface area contributed by atoms with Gasteiger partial charge in [0.25, 0.3) is 0 Å². The first-order chi connectivity index (χ1) is 4.33. The Morgan fingerprint density at radius 3 is 2.60 bits per heavy atom. The molecule has 0 atom stereocenters. The van der Waals surface area contributed by atoms with Gasteiger partial charge in [0, 0.05) is 17.7 Å². The number of alkyl halides is 1. The van der Waals surface area contributed by atoms with E-state index in [1.807, 2.05) is 19.3 Å². The van der Waals surface area contributed by atoms with Crippen molar-refractivity contribution < 1.29 is 0 Å². The predicted octanol–water partition coefficient (Wildman–Crippen LogP) is 2.86. The van der Waals surface area contributed by atoms with Crippen LogP contribution in [0.15, 0.2) is 18.5 Å². The van der Waals surface area contributed by atoms with E-state index in [1.54, 1.807) is 0 Å². The third-order valence-corrected chi connectivity index (χ3v) is 1.73. The molecule has 0 N–H and O–H groups in total. The minimum Gasteiger partial charge on any atom is -0.264 e. The van der Waals surface area contributed by atoms with Crippen LogP contribution in [-0.2, 0) is 5.33 Å². The van der Waals surface area contributed by atoms with Crippen molar-refractivity contribution in [3.63, 3.8) is 0 Å². The SMILES string of the molecule is Br.Cc1cncc(CBr)c1. The molecule has 10 heavy (non-hydrogen) atoms. The number of aromatic nitrogens is 1. The number of hydrogen-bond donors (Lipinski definition) is 0. The van der Waals surface area contributed by atoms with E-state index in [4.69, 9.17) is 0 Å². The maximum atomic E-state index is 4.03. The van der Waals surface area contributed by atoms with Crippen molar-refractivity contribution in [2.45, 2.75) is 12.3 Å². The van der Waals surface area contributed by atoms with E-state index < -0.39 is 0 Å². The van der Waals surface area contributed by atoms with Gasteiger partial charge in [-0.3, -0.25) is 4.98 Å². The number of hydrogen-bond acceptors (Lipinski definition) is 1. The summed E-state index contributed by atoms with van der Waals surface area (Å²) in [5, 5.41) is 0.891. The molecule has 0 unspecified atom stereocenters. The van der Waals surface area contributed by atoms with Crippen LogP contribution in [0.2, 0.25) is 0 Å². The maximum absolute atomic E-state index is 4.03. The highest BCUT2D eigenvalue weighted by Gasteiger charge is 1.88. The topological polar surface area (TPSA) is 12.9 Å². The van der Waals surface area contributed by atoms with E-state index >= 15 is 0 Å². The predicted molar refractivity (Wildman–Crippen MR) is 51.9 cm³/mol. The van der Waals surface area contributed by atoms with Gasteiger partial charge < -0.3 is 0 Å². The van der Waals surface area contributed by atoms with Gasteiger partial charge in [-0.1, -0.05) is 22.0 Å². The normalized spacial score (nSPS) is 8.60. The van der Waals surface area contributed by atoms with Crippen molar-refractivity contribution in [2.75, 3.05) is 0 Å². The molecule has 0 bridgehead atoms. The lowest BCUT2D eigenvalue weighted by atomic mass is 10.2. The number of halogens is 2. The average molecular weight is 267 g/mol. The zero-order valence-corrected chi connectivity index (χ0v) is 8.97. The fourth-order valence-corrected chi connectivity index (χ4v) is 0.997. The molecule has 0 saturated heterocycles. The van der Waals surface area contributed by atoms with Gasteiger partial charge in [0.2, 0.25) is 0 Å². The Bertz CT molecular complexity index is 201. The van der Waals surface area contributed by atoms with Gasteiger partial charge in [0.1, 0.15) is 0 Å². The summed E-state index contributed by atoms with van der Waals surface area (Å²) in [5.74, 6) is 0. The smallest absolute Gasteiger partial charge is 0.0308 e. The third-order valence-electron chi connectivity index (χ3n) is 1.09. The Labute approximate surface area is 79.8 Å². The first-order valence-electron chi connectivity index (χ1n) is 2.79. The summed E-state index contributed by atoms with van der Waals surface area (Å²) < 4.78 is 0. The molecular formula is C7H9Br2N. The van der Waals surface area contributed by atoms with Crippen LogP contribution in [-0.4, -0.2) is 4.98 Å². The van der Waals surface area contributed by atoms with Gasteiger partial charge in [-0.2, -0.15) is 0 Å². The number of rotatable bonds is 1. The van der Waals surface area contributed by atoms with Crippen LogP contribution < -0.4 is 0 Å². The van der Waals surface area contributed by atoms with Crippen molar-refractivity contribution in [3.05, 3.63) is 29.6 Å². The Hall–Kier alpha value is 0.110. The summed E-state index contributed by atoms with van der Waals surface area (Å²) in [4.78, 5) is 4.03.